The summed E-state index contributed by atoms with van der Waals surface area (Å²) >= 11 is 11.9. The van der Waals surface area contributed by atoms with Crippen LogP contribution in [0.15, 0.2) is 47.3 Å². The molecule has 3 aromatic rings. The van der Waals surface area contributed by atoms with Gasteiger partial charge in [0.25, 0.3) is 5.56 Å². The maximum absolute atomic E-state index is 14.0. The van der Waals surface area contributed by atoms with Gasteiger partial charge in [0.15, 0.2) is 0 Å². The number of benzene rings is 2. The van der Waals surface area contributed by atoms with Gasteiger partial charge >= 0.3 is 0 Å². The molecule has 1 aromatic heterocycles. The zero-order chi connectivity index (χ0) is 15.0. The molecule has 21 heavy (non-hydrogen) atoms. The van der Waals surface area contributed by atoms with Crippen LogP contribution in [-0.4, -0.2) is 9.55 Å². The second-order valence-corrected chi connectivity index (χ2v) is 5.06. The molecule has 6 heteroatoms. The third-order valence-corrected chi connectivity index (χ3v) is 3.68. The molecule has 0 amide bonds. The van der Waals surface area contributed by atoms with Crippen LogP contribution in [-0.2, 0) is 5.88 Å². The van der Waals surface area contributed by atoms with Gasteiger partial charge in [-0.05, 0) is 24.3 Å². The fourth-order valence-corrected chi connectivity index (χ4v) is 2.64. The Kier molecular flexibility index (Phi) is 3.66. The van der Waals surface area contributed by atoms with E-state index in [-0.39, 0.29) is 27.8 Å². The Balaban J connectivity index is 2.48. The maximum atomic E-state index is 14.0. The molecular formula is C15H9Cl2FN2O. The number of aromatic nitrogens is 2. The quantitative estimate of drug-likeness (QED) is 0.670. The predicted molar refractivity (Wildman–Crippen MR) is 81.9 cm³/mol. The van der Waals surface area contributed by atoms with Crippen LogP contribution in [0.1, 0.15) is 5.82 Å². The summed E-state index contributed by atoms with van der Waals surface area (Å²) in [4.78, 5) is 17.0. The highest BCUT2D eigenvalue weighted by atomic mass is 35.5. The van der Waals surface area contributed by atoms with E-state index in [1.54, 1.807) is 30.3 Å². The zero-order valence-electron chi connectivity index (χ0n) is 10.7. The summed E-state index contributed by atoms with van der Waals surface area (Å²) in [5.41, 5.74) is 0.106. The molecule has 0 spiro atoms. The van der Waals surface area contributed by atoms with Crippen molar-refractivity contribution >= 4 is 34.1 Å². The average molecular weight is 323 g/mol. The van der Waals surface area contributed by atoms with Gasteiger partial charge in [0.2, 0.25) is 0 Å². The molecule has 0 atom stereocenters. The van der Waals surface area contributed by atoms with E-state index in [0.29, 0.717) is 5.52 Å². The van der Waals surface area contributed by atoms with Crippen molar-refractivity contribution in [3.05, 3.63) is 69.5 Å². The lowest BCUT2D eigenvalue weighted by molar-refractivity contribution is 0.613. The van der Waals surface area contributed by atoms with Crippen LogP contribution in [0.2, 0.25) is 5.02 Å². The molecule has 0 aliphatic carbocycles. The van der Waals surface area contributed by atoms with Crippen molar-refractivity contribution in [2.45, 2.75) is 5.88 Å². The van der Waals surface area contributed by atoms with Crippen molar-refractivity contribution in [2.24, 2.45) is 0 Å². The van der Waals surface area contributed by atoms with Crippen LogP contribution < -0.4 is 5.56 Å². The van der Waals surface area contributed by atoms with E-state index in [2.05, 4.69) is 4.98 Å². The summed E-state index contributed by atoms with van der Waals surface area (Å²) in [5, 5.41) is 0.521. The Morgan fingerprint density at radius 2 is 1.90 bits per heavy atom. The minimum absolute atomic E-state index is 0.0218. The minimum atomic E-state index is -0.529. The molecule has 3 rings (SSSR count). The molecule has 0 aliphatic rings. The van der Waals surface area contributed by atoms with E-state index >= 15 is 0 Å². The van der Waals surface area contributed by atoms with E-state index in [1.165, 1.54) is 12.1 Å². The van der Waals surface area contributed by atoms with E-state index in [0.717, 1.165) is 4.57 Å². The number of rotatable bonds is 2. The Labute approximate surface area is 129 Å². The number of hydrogen-bond acceptors (Lipinski definition) is 2. The van der Waals surface area contributed by atoms with Crippen molar-refractivity contribution in [2.75, 3.05) is 0 Å². The zero-order valence-corrected chi connectivity index (χ0v) is 12.2. The fraction of sp³-hybridized carbons (Fsp3) is 0.0667. The molecule has 1 heterocycles. The second kappa shape index (κ2) is 5.47. The van der Waals surface area contributed by atoms with Crippen molar-refractivity contribution < 1.29 is 4.39 Å². The van der Waals surface area contributed by atoms with E-state index < -0.39 is 11.4 Å². The van der Waals surface area contributed by atoms with Gasteiger partial charge < -0.3 is 0 Å². The standard InChI is InChI=1S/C15H9Cl2FN2O/c16-8-13-19-11-6-3-4-9(17)14(11)15(21)20(13)12-7-2-1-5-10(12)18/h1-7H,8H2. The van der Waals surface area contributed by atoms with Crippen LogP contribution in [0.5, 0.6) is 0 Å². The van der Waals surface area contributed by atoms with Gasteiger partial charge in [0.1, 0.15) is 11.6 Å². The molecule has 0 saturated heterocycles. The molecule has 0 saturated carbocycles. The number of nitrogens with zero attached hydrogens (tertiary/aromatic N) is 2. The lowest BCUT2D eigenvalue weighted by atomic mass is 10.2. The van der Waals surface area contributed by atoms with Crippen molar-refractivity contribution in [3.8, 4) is 5.69 Å². The first kappa shape index (κ1) is 14.0. The Hall–Kier alpha value is -1.91. The Bertz CT molecular complexity index is 892. The van der Waals surface area contributed by atoms with Crippen LogP contribution in [0.3, 0.4) is 0 Å². The van der Waals surface area contributed by atoms with Gasteiger partial charge in [-0.15, -0.1) is 11.6 Å². The van der Waals surface area contributed by atoms with Crippen LogP contribution in [0, 0.1) is 5.82 Å². The summed E-state index contributed by atoms with van der Waals surface area (Å²) in [6.07, 6.45) is 0. The molecule has 0 aliphatic heterocycles. The minimum Gasteiger partial charge on any atom is -0.268 e. The van der Waals surface area contributed by atoms with Gasteiger partial charge in [-0.1, -0.05) is 29.8 Å². The average Bonchev–Trinajstić information content (AvgIpc) is 2.48. The molecule has 0 N–H and O–H groups in total. The molecule has 3 nitrogen and oxygen atoms in total. The summed E-state index contributed by atoms with van der Waals surface area (Å²) in [6, 6.07) is 10.9. The van der Waals surface area contributed by atoms with Crippen molar-refractivity contribution in [3.63, 3.8) is 0 Å². The Morgan fingerprint density at radius 1 is 1.14 bits per heavy atom. The fourth-order valence-electron chi connectivity index (χ4n) is 2.21. The summed E-state index contributed by atoms with van der Waals surface area (Å²) in [5.74, 6) is -0.285. The molecule has 106 valence electrons. The van der Waals surface area contributed by atoms with Crippen LogP contribution in [0.25, 0.3) is 16.6 Å². The third-order valence-electron chi connectivity index (χ3n) is 3.13. The SMILES string of the molecule is O=c1c2c(Cl)cccc2nc(CCl)n1-c1ccccc1F. The van der Waals surface area contributed by atoms with Gasteiger partial charge in [0, 0.05) is 0 Å². The highest BCUT2D eigenvalue weighted by Crippen LogP contribution is 2.21. The highest BCUT2D eigenvalue weighted by Gasteiger charge is 2.16. The number of halogens is 3. The van der Waals surface area contributed by atoms with Gasteiger partial charge in [-0.25, -0.2) is 9.37 Å². The predicted octanol–water partition coefficient (Wildman–Crippen LogP) is 3.92. The largest absolute Gasteiger partial charge is 0.268 e. The van der Waals surface area contributed by atoms with Crippen molar-refractivity contribution in [1.82, 2.24) is 9.55 Å². The summed E-state index contributed by atoms with van der Waals surface area (Å²) < 4.78 is 15.2. The van der Waals surface area contributed by atoms with Crippen LogP contribution >= 0.6 is 23.2 Å². The van der Waals surface area contributed by atoms with Gasteiger partial charge in [0.05, 0.1) is 27.5 Å². The number of hydrogen-bond donors (Lipinski definition) is 0. The van der Waals surface area contributed by atoms with Gasteiger partial charge in [-0.2, -0.15) is 0 Å². The smallest absolute Gasteiger partial charge is 0.267 e. The van der Waals surface area contributed by atoms with E-state index in [4.69, 9.17) is 23.2 Å². The Morgan fingerprint density at radius 3 is 2.62 bits per heavy atom. The first-order valence-electron chi connectivity index (χ1n) is 6.14. The maximum Gasteiger partial charge on any atom is 0.267 e. The van der Waals surface area contributed by atoms with Crippen molar-refractivity contribution in [1.29, 1.82) is 0 Å². The normalized spacial score (nSPS) is 11.0. The topological polar surface area (TPSA) is 34.9 Å². The monoisotopic (exact) mass is 322 g/mol. The molecule has 0 unspecified atom stereocenters. The molecule has 0 bridgehead atoms. The van der Waals surface area contributed by atoms with E-state index in [1.807, 2.05) is 0 Å². The molecule has 0 fully saturated rings. The van der Waals surface area contributed by atoms with E-state index in [9.17, 15) is 9.18 Å². The first-order valence-corrected chi connectivity index (χ1v) is 7.05. The number of alkyl halides is 1. The number of fused-ring (bicyclic) bond motifs is 1. The van der Waals surface area contributed by atoms with Crippen LogP contribution in [0.4, 0.5) is 4.39 Å². The molecule has 2 aromatic carbocycles. The summed E-state index contributed by atoms with van der Waals surface area (Å²) in [6.45, 7) is 0. The number of para-hydroxylation sites is 1. The first-order chi connectivity index (χ1) is 10.1. The molecular weight excluding hydrogens is 314 g/mol. The lowest BCUT2D eigenvalue weighted by Crippen LogP contribution is -2.24. The molecule has 0 radical (unpaired) electrons. The van der Waals surface area contributed by atoms with Gasteiger partial charge in [-0.3, -0.25) is 9.36 Å². The second-order valence-electron chi connectivity index (χ2n) is 4.39. The highest BCUT2D eigenvalue weighted by molar-refractivity contribution is 6.35. The third kappa shape index (κ3) is 2.30. The lowest BCUT2D eigenvalue weighted by Gasteiger charge is -2.13. The summed E-state index contributed by atoms with van der Waals surface area (Å²) in [7, 11) is 0.